The number of alkyl halides is 1. The van der Waals surface area contributed by atoms with E-state index in [1.807, 2.05) is 24.0 Å². The van der Waals surface area contributed by atoms with E-state index < -0.39 is 11.0 Å². The van der Waals surface area contributed by atoms with Gasteiger partial charge in [0.25, 0.3) is 0 Å². The minimum Gasteiger partial charge on any atom is -0.305 e. The summed E-state index contributed by atoms with van der Waals surface area (Å²) in [7, 11) is 3.16. The molecule has 0 aliphatic heterocycles. The zero-order chi connectivity index (χ0) is 19.9. The quantitative estimate of drug-likeness (QED) is 0.332. The SMILES string of the molecule is C=CC[N+](C)(C)c1ccc(NS(=O)C(C)(C)CC(C)(C)C)cc1.CBr. The van der Waals surface area contributed by atoms with Crippen LogP contribution in [0.3, 0.4) is 0 Å². The van der Waals surface area contributed by atoms with Crippen molar-refractivity contribution in [1.29, 1.82) is 0 Å². The van der Waals surface area contributed by atoms with Gasteiger partial charge < -0.3 is 4.72 Å². The molecule has 3 nitrogen and oxygen atoms in total. The van der Waals surface area contributed by atoms with Crippen molar-refractivity contribution in [3.63, 3.8) is 0 Å². The maximum atomic E-state index is 12.7. The second-order valence-electron chi connectivity index (χ2n) is 8.57. The highest BCUT2D eigenvalue weighted by Crippen LogP contribution is 2.32. The fourth-order valence-electron chi connectivity index (χ4n) is 2.95. The predicted molar refractivity (Wildman–Crippen MR) is 120 cm³/mol. The lowest BCUT2D eigenvalue weighted by atomic mass is 9.86. The van der Waals surface area contributed by atoms with Crippen LogP contribution < -0.4 is 9.21 Å². The van der Waals surface area contributed by atoms with Gasteiger partial charge >= 0.3 is 0 Å². The third kappa shape index (κ3) is 8.52. The molecule has 0 saturated carbocycles. The maximum Gasteiger partial charge on any atom is 0.132 e. The number of anilines is 1. The van der Waals surface area contributed by atoms with Crippen LogP contribution in [0.2, 0.25) is 0 Å². The first-order valence-electron chi connectivity index (χ1n) is 8.48. The molecule has 25 heavy (non-hydrogen) atoms. The van der Waals surface area contributed by atoms with Gasteiger partial charge in [-0.15, -0.1) is 0 Å². The number of nitrogens with one attached hydrogen (secondary N) is 1. The predicted octanol–water partition coefficient (Wildman–Crippen LogP) is 5.74. The molecule has 0 aromatic heterocycles. The Hall–Kier alpha value is -0.650. The summed E-state index contributed by atoms with van der Waals surface area (Å²) in [6.07, 6.45) is 2.82. The lowest BCUT2D eigenvalue weighted by Gasteiger charge is -2.32. The summed E-state index contributed by atoms with van der Waals surface area (Å²) in [5.74, 6) is 1.81. The Morgan fingerprint density at radius 1 is 1.12 bits per heavy atom. The third-order valence-electron chi connectivity index (χ3n) is 3.82. The van der Waals surface area contributed by atoms with Gasteiger partial charge in [0, 0.05) is 17.8 Å². The highest BCUT2D eigenvalue weighted by molar-refractivity contribution is 9.08. The molecule has 0 radical (unpaired) electrons. The number of nitrogens with zero attached hydrogens (tertiary/aromatic N) is 1. The van der Waals surface area contributed by atoms with Crippen LogP contribution in [-0.4, -0.2) is 35.4 Å². The van der Waals surface area contributed by atoms with E-state index in [1.165, 1.54) is 5.69 Å². The first-order chi connectivity index (χ1) is 11.4. The van der Waals surface area contributed by atoms with Crippen LogP contribution in [-0.2, 0) is 11.0 Å². The van der Waals surface area contributed by atoms with E-state index in [2.05, 4.69) is 88.1 Å². The van der Waals surface area contributed by atoms with Gasteiger partial charge in [-0.2, -0.15) is 0 Å². The van der Waals surface area contributed by atoms with Crippen molar-refractivity contribution in [3.05, 3.63) is 36.9 Å². The van der Waals surface area contributed by atoms with Crippen molar-refractivity contribution < 1.29 is 4.21 Å². The van der Waals surface area contributed by atoms with E-state index in [-0.39, 0.29) is 10.2 Å². The van der Waals surface area contributed by atoms with Gasteiger partial charge in [0.2, 0.25) is 0 Å². The summed E-state index contributed by atoms with van der Waals surface area (Å²) in [6, 6.07) is 8.17. The minimum absolute atomic E-state index is 0.150. The van der Waals surface area contributed by atoms with Crippen LogP contribution in [0, 0.1) is 5.41 Å². The minimum atomic E-state index is -1.13. The Morgan fingerprint density at radius 2 is 1.60 bits per heavy atom. The van der Waals surface area contributed by atoms with Crippen molar-refractivity contribution in [2.75, 3.05) is 31.2 Å². The molecule has 144 valence electrons. The van der Waals surface area contributed by atoms with E-state index in [1.54, 1.807) is 0 Å². The fourth-order valence-corrected chi connectivity index (χ4v) is 4.14. The molecular weight excluding hydrogens is 396 g/mol. The normalized spacial score (nSPS) is 13.5. The van der Waals surface area contributed by atoms with E-state index in [4.69, 9.17) is 0 Å². The zero-order valence-corrected chi connectivity index (χ0v) is 19.6. The van der Waals surface area contributed by atoms with E-state index in [0.717, 1.165) is 23.1 Å². The third-order valence-corrected chi connectivity index (χ3v) is 5.39. The van der Waals surface area contributed by atoms with Crippen molar-refractivity contribution >= 4 is 38.3 Å². The molecule has 1 atom stereocenters. The van der Waals surface area contributed by atoms with Crippen LogP contribution in [0.5, 0.6) is 0 Å². The Balaban J connectivity index is 0.00000277. The van der Waals surface area contributed by atoms with E-state index in [0.29, 0.717) is 0 Å². The molecule has 0 heterocycles. The molecule has 0 aliphatic carbocycles. The molecule has 0 bridgehead atoms. The first kappa shape index (κ1) is 24.4. The van der Waals surface area contributed by atoms with E-state index >= 15 is 0 Å². The van der Waals surface area contributed by atoms with Crippen LogP contribution in [0.4, 0.5) is 11.4 Å². The van der Waals surface area contributed by atoms with Crippen molar-refractivity contribution in [3.8, 4) is 0 Å². The molecular formula is C20H36BrN2OS+. The number of quaternary nitrogens is 1. The van der Waals surface area contributed by atoms with Crippen molar-refractivity contribution in [2.45, 2.75) is 45.8 Å². The highest BCUT2D eigenvalue weighted by atomic mass is 79.9. The number of hydrogen-bond donors (Lipinski definition) is 1. The van der Waals surface area contributed by atoms with Crippen molar-refractivity contribution in [2.24, 2.45) is 5.41 Å². The molecule has 1 unspecified atom stereocenters. The van der Waals surface area contributed by atoms with Crippen molar-refractivity contribution in [1.82, 2.24) is 4.48 Å². The molecule has 0 saturated heterocycles. The van der Waals surface area contributed by atoms with E-state index in [9.17, 15) is 4.21 Å². The molecule has 1 N–H and O–H groups in total. The Morgan fingerprint density at radius 3 is 2.00 bits per heavy atom. The van der Waals surface area contributed by atoms with Gasteiger partial charge in [-0.1, -0.05) is 43.3 Å². The molecule has 0 fully saturated rings. The number of halogens is 1. The van der Waals surface area contributed by atoms with Crippen LogP contribution in [0.15, 0.2) is 36.9 Å². The summed E-state index contributed by atoms with van der Waals surface area (Å²) in [4.78, 5) is 0. The standard InChI is InChI=1S/C19H33N2OS.CH3Br/c1-9-14-21(7,8)17-12-10-16(11-13-17)20-23(22)19(5,6)15-18(2,3)4;1-2/h9-13,20H,1,14-15H2,2-8H3;1H3/q+1;. The number of hydrogen-bond acceptors (Lipinski definition) is 1. The summed E-state index contributed by atoms with van der Waals surface area (Å²) in [5, 5.41) is 0. The average molecular weight is 432 g/mol. The molecule has 0 spiro atoms. The average Bonchev–Trinajstić information content (AvgIpc) is 2.47. The second-order valence-corrected chi connectivity index (χ2v) is 10.4. The Labute approximate surface area is 166 Å². The van der Waals surface area contributed by atoms with Crippen LogP contribution in [0.25, 0.3) is 0 Å². The lowest BCUT2D eigenvalue weighted by molar-refractivity contribution is 0.335. The smallest absolute Gasteiger partial charge is 0.132 e. The molecule has 5 heteroatoms. The summed E-state index contributed by atoms with van der Waals surface area (Å²) < 4.78 is 16.3. The first-order valence-corrected chi connectivity index (χ1v) is 11.2. The Kier molecular flexibility index (Phi) is 9.63. The van der Waals surface area contributed by atoms with Gasteiger partial charge in [-0.3, -0.25) is 4.48 Å². The second kappa shape index (κ2) is 9.89. The molecule has 0 aliphatic rings. The van der Waals surface area contributed by atoms with Crippen LogP contribution >= 0.6 is 15.9 Å². The van der Waals surface area contributed by atoms with Gasteiger partial charge in [0.15, 0.2) is 0 Å². The highest BCUT2D eigenvalue weighted by Gasteiger charge is 2.31. The Bertz CT molecular complexity index is 560. The zero-order valence-electron chi connectivity index (χ0n) is 17.1. The molecule has 0 amide bonds. The fraction of sp³-hybridized carbons (Fsp3) is 0.600. The number of rotatable bonds is 7. The summed E-state index contributed by atoms with van der Waals surface area (Å²) in [6.45, 7) is 15.3. The summed E-state index contributed by atoms with van der Waals surface area (Å²) >= 11 is 2.94. The number of likely N-dealkylation sites (N-methyl/N-ethyl adjacent to an activating group) is 1. The van der Waals surface area contributed by atoms with Gasteiger partial charge in [0.05, 0.1) is 18.8 Å². The topological polar surface area (TPSA) is 29.1 Å². The molecule has 1 aromatic carbocycles. The maximum absolute atomic E-state index is 12.7. The lowest BCUT2D eigenvalue weighted by Crippen LogP contribution is -2.40. The largest absolute Gasteiger partial charge is 0.305 e. The van der Waals surface area contributed by atoms with Gasteiger partial charge in [0.1, 0.15) is 23.2 Å². The monoisotopic (exact) mass is 431 g/mol. The van der Waals surface area contributed by atoms with Crippen LogP contribution in [0.1, 0.15) is 41.0 Å². The van der Waals surface area contributed by atoms with Gasteiger partial charge in [-0.25, -0.2) is 4.21 Å². The molecule has 1 aromatic rings. The summed E-state index contributed by atoms with van der Waals surface area (Å²) in [5.41, 5.74) is 2.25. The molecule has 1 rings (SSSR count). The van der Waals surface area contributed by atoms with Gasteiger partial charge in [-0.05, 0) is 49.7 Å². The number of benzene rings is 1.